The standard InChI is InChI=1S/C16H9BrFNO4/c17-9-5-6-13(18)12(7-9)16(22)23-8-19-14(20)10-3-1-2-4-11(10)15(19)21/h1-7H,8H2. The fourth-order valence-electron chi connectivity index (χ4n) is 2.21. The molecule has 0 saturated heterocycles. The van der Waals surface area contributed by atoms with Crippen molar-refractivity contribution in [2.75, 3.05) is 6.73 Å². The molecule has 2 amide bonds. The van der Waals surface area contributed by atoms with Gasteiger partial charge in [-0.2, -0.15) is 0 Å². The number of hydrogen-bond acceptors (Lipinski definition) is 4. The van der Waals surface area contributed by atoms with Gasteiger partial charge in [0.2, 0.25) is 0 Å². The van der Waals surface area contributed by atoms with E-state index in [0.29, 0.717) is 4.47 Å². The number of esters is 1. The summed E-state index contributed by atoms with van der Waals surface area (Å²) in [4.78, 5) is 37.0. The lowest BCUT2D eigenvalue weighted by Crippen LogP contribution is -2.33. The van der Waals surface area contributed by atoms with Crippen molar-refractivity contribution in [1.29, 1.82) is 0 Å². The molecule has 1 aliphatic heterocycles. The lowest BCUT2D eigenvalue weighted by atomic mass is 10.1. The second-order valence-electron chi connectivity index (χ2n) is 4.77. The first-order valence-corrected chi connectivity index (χ1v) is 7.35. The zero-order valence-electron chi connectivity index (χ0n) is 11.6. The minimum absolute atomic E-state index is 0.252. The van der Waals surface area contributed by atoms with E-state index in [1.54, 1.807) is 12.1 Å². The number of nitrogens with zero attached hydrogens (tertiary/aromatic N) is 1. The van der Waals surface area contributed by atoms with Crippen LogP contribution in [0, 0.1) is 5.82 Å². The predicted molar refractivity (Wildman–Crippen MR) is 81.3 cm³/mol. The Morgan fingerprint density at radius 1 is 1.09 bits per heavy atom. The molecule has 3 rings (SSSR count). The molecule has 0 unspecified atom stereocenters. The topological polar surface area (TPSA) is 63.7 Å². The molecule has 0 bridgehead atoms. The predicted octanol–water partition coefficient (Wildman–Crippen LogP) is 3.00. The van der Waals surface area contributed by atoms with Gasteiger partial charge in [0.1, 0.15) is 5.82 Å². The summed E-state index contributed by atoms with van der Waals surface area (Å²) >= 11 is 3.13. The van der Waals surface area contributed by atoms with Crippen LogP contribution in [0.25, 0.3) is 0 Å². The van der Waals surface area contributed by atoms with Crippen LogP contribution < -0.4 is 0 Å². The maximum absolute atomic E-state index is 13.6. The van der Waals surface area contributed by atoms with Crippen molar-refractivity contribution < 1.29 is 23.5 Å². The van der Waals surface area contributed by atoms with Crippen LogP contribution >= 0.6 is 15.9 Å². The first-order chi connectivity index (χ1) is 11.0. The van der Waals surface area contributed by atoms with Gasteiger partial charge in [0, 0.05) is 4.47 Å². The maximum Gasteiger partial charge on any atom is 0.342 e. The molecule has 2 aromatic rings. The van der Waals surface area contributed by atoms with Crippen molar-refractivity contribution in [3.63, 3.8) is 0 Å². The third-order valence-electron chi connectivity index (χ3n) is 3.35. The Morgan fingerprint density at radius 3 is 2.30 bits per heavy atom. The van der Waals surface area contributed by atoms with E-state index in [1.165, 1.54) is 24.3 Å². The van der Waals surface area contributed by atoms with Crippen molar-refractivity contribution in [2.45, 2.75) is 0 Å². The van der Waals surface area contributed by atoms with E-state index >= 15 is 0 Å². The normalized spacial score (nSPS) is 13.2. The van der Waals surface area contributed by atoms with Gasteiger partial charge in [-0.05, 0) is 30.3 Å². The Kier molecular flexibility index (Phi) is 3.96. The SMILES string of the molecule is O=C(OCN1C(=O)c2ccccc2C1=O)c1cc(Br)ccc1F. The van der Waals surface area contributed by atoms with E-state index in [9.17, 15) is 18.8 Å². The van der Waals surface area contributed by atoms with Crippen LogP contribution in [0.3, 0.4) is 0 Å². The molecule has 23 heavy (non-hydrogen) atoms. The molecule has 1 heterocycles. The summed E-state index contributed by atoms with van der Waals surface area (Å²) in [6, 6.07) is 10.1. The zero-order chi connectivity index (χ0) is 16.6. The smallest absolute Gasteiger partial charge is 0.342 e. The summed E-state index contributed by atoms with van der Waals surface area (Å²) in [5.41, 5.74) is 0.223. The molecular formula is C16H9BrFNO4. The van der Waals surface area contributed by atoms with Gasteiger partial charge in [0.25, 0.3) is 11.8 Å². The van der Waals surface area contributed by atoms with Crippen molar-refractivity contribution in [2.24, 2.45) is 0 Å². The Morgan fingerprint density at radius 2 is 1.70 bits per heavy atom. The van der Waals surface area contributed by atoms with Gasteiger partial charge < -0.3 is 4.74 Å². The number of fused-ring (bicyclic) bond motifs is 1. The number of rotatable bonds is 3. The van der Waals surface area contributed by atoms with Gasteiger partial charge in [-0.1, -0.05) is 28.1 Å². The maximum atomic E-state index is 13.6. The van der Waals surface area contributed by atoms with E-state index in [1.807, 2.05) is 0 Å². The number of imide groups is 1. The summed E-state index contributed by atoms with van der Waals surface area (Å²) in [5, 5.41) is 0. The largest absolute Gasteiger partial charge is 0.440 e. The molecule has 7 heteroatoms. The molecule has 0 atom stereocenters. The first kappa shape index (κ1) is 15.4. The van der Waals surface area contributed by atoms with Crippen LogP contribution in [-0.2, 0) is 4.74 Å². The van der Waals surface area contributed by atoms with Gasteiger partial charge in [-0.25, -0.2) is 14.1 Å². The molecule has 0 spiro atoms. The highest BCUT2D eigenvalue weighted by Gasteiger charge is 2.35. The molecule has 116 valence electrons. The van der Waals surface area contributed by atoms with Gasteiger partial charge in [0.05, 0.1) is 16.7 Å². The number of halogens is 2. The Hall–Kier alpha value is -2.54. The van der Waals surface area contributed by atoms with Crippen LogP contribution in [-0.4, -0.2) is 29.4 Å². The monoisotopic (exact) mass is 377 g/mol. The fraction of sp³-hybridized carbons (Fsp3) is 0.0625. The van der Waals surface area contributed by atoms with Gasteiger partial charge in [-0.3, -0.25) is 9.59 Å². The summed E-state index contributed by atoms with van der Waals surface area (Å²) in [7, 11) is 0. The highest BCUT2D eigenvalue weighted by Crippen LogP contribution is 2.23. The van der Waals surface area contributed by atoms with Crippen molar-refractivity contribution >= 4 is 33.7 Å². The lowest BCUT2D eigenvalue weighted by Gasteiger charge is -2.14. The number of carbonyl (C=O) groups is 3. The van der Waals surface area contributed by atoms with Crippen LogP contribution in [0.15, 0.2) is 46.9 Å². The molecule has 1 aliphatic rings. The molecule has 0 fully saturated rings. The number of benzene rings is 2. The van der Waals surface area contributed by atoms with Gasteiger partial charge >= 0.3 is 5.97 Å². The molecule has 0 aromatic heterocycles. The van der Waals surface area contributed by atoms with Crippen LogP contribution in [0.1, 0.15) is 31.1 Å². The Balaban J connectivity index is 1.75. The van der Waals surface area contributed by atoms with E-state index in [2.05, 4.69) is 15.9 Å². The Labute approximate surface area is 138 Å². The molecule has 0 aliphatic carbocycles. The second kappa shape index (κ2) is 5.92. The minimum atomic E-state index is -0.958. The van der Waals surface area contributed by atoms with Crippen LogP contribution in [0.4, 0.5) is 4.39 Å². The summed E-state index contributed by atoms with van der Waals surface area (Å²) in [5.74, 6) is -2.80. The fourth-order valence-corrected chi connectivity index (χ4v) is 2.57. The van der Waals surface area contributed by atoms with Gasteiger partial charge in [0.15, 0.2) is 6.73 Å². The van der Waals surface area contributed by atoms with E-state index in [4.69, 9.17) is 4.74 Å². The van der Waals surface area contributed by atoms with Gasteiger partial charge in [-0.15, -0.1) is 0 Å². The molecule has 0 N–H and O–H groups in total. The third-order valence-corrected chi connectivity index (χ3v) is 3.84. The quantitative estimate of drug-likeness (QED) is 0.609. The van der Waals surface area contributed by atoms with E-state index in [-0.39, 0.29) is 16.7 Å². The number of ether oxygens (including phenoxy) is 1. The van der Waals surface area contributed by atoms with Crippen molar-refractivity contribution in [3.8, 4) is 0 Å². The van der Waals surface area contributed by atoms with Crippen molar-refractivity contribution in [3.05, 3.63) is 69.4 Å². The number of hydrogen-bond donors (Lipinski definition) is 0. The van der Waals surface area contributed by atoms with Crippen LogP contribution in [0.5, 0.6) is 0 Å². The highest BCUT2D eigenvalue weighted by molar-refractivity contribution is 9.10. The molecular weight excluding hydrogens is 369 g/mol. The highest BCUT2D eigenvalue weighted by atomic mass is 79.9. The molecule has 2 aromatic carbocycles. The number of carbonyl (C=O) groups excluding carboxylic acids is 3. The summed E-state index contributed by atoms with van der Waals surface area (Å²) < 4.78 is 19.0. The average Bonchev–Trinajstić information content (AvgIpc) is 2.79. The minimum Gasteiger partial charge on any atom is -0.440 e. The van der Waals surface area contributed by atoms with Crippen molar-refractivity contribution in [1.82, 2.24) is 4.90 Å². The molecule has 5 nitrogen and oxygen atoms in total. The van der Waals surface area contributed by atoms with E-state index < -0.39 is 30.3 Å². The zero-order valence-corrected chi connectivity index (χ0v) is 13.2. The summed E-state index contributed by atoms with van der Waals surface area (Å²) in [6.07, 6.45) is 0. The third kappa shape index (κ3) is 2.75. The lowest BCUT2D eigenvalue weighted by molar-refractivity contribution is 0.0225. The number of amides is 2. The summed E-state index contributed by atoms with van der Waals surface area (Å²) in [6.45, 7) is -0.572. The first-order valence-electron chi connectivity index (χ1n) is 6.56. The average molecular weight is 378 g/mol. The van der Waals surface area contributed by atoms with E-state index in [0.717, 1.165) is 11.0 Å². The second-order valence-corrected chi connectivity index (χ2v) is 5.68. The Bertz CT molecular complexity index is 802. The van der Waals surface area contributed by atoms with Crippen LogP contribution in [0.2, 0.25) is 0 Å². The molecule has 0 radical (unpaired) electrons. The molecule has 0 saturated carbocycles.